The molecule has 0 unspecified atom stereocenters. The van der Waals surface area contributed by atoms with E-state index in [0.29, 0.717) is 5.69 Å². The smallest absolute Gasteiger partial charge is 0.337 e. The number of piperazine rings is 1. The maximum Gasteiger partial charge on any atom is 0.337 e. The molecule has 1 aliphatic carbocycles. The fourth-order valence-corrected chi connectivity index (χ4v) is 2.78. The monoisotopic (exact) mass is 275 g/mol. The van der Waals surface area contributed by atoms with Gasteiger partial charge in [-0.25, -0.2) is 4.79 Å². The van der Waals surface area contributed by atoms with E-state index in [4.69, 9.17) is 10.8 Å². The first-order chi connectivity index (χ1) is 9.63. The van der Waals surface area contributed by atoms with Crippen LogP contribution in [0.4, 0.5) is 11.4 Å². The lowest BCUT2D eigenvalue weighted by Gasteiger charge is -2.36. The summed E-state index contributed by atoms with van der Waals surface area (Å²) < 4.78 is 0. The maximum atomic E-state index is 11.1. The quantitative estimate of drug-likeness (QED) is 0.815. The molecular formula is C15H21N3O2. The van der Waals surface area contributed by atoms with Gasteiger partial charge in [0.25, 0.3) is 0 Å². The molecule has 108 valence electrons. The number of aromatic carboxylic acids is 1. The minimum absolute atomic E-state index is 0.197. The standard InChI is InChI=1S/C15H21N3O2/c16-14-4-3-12(9-13(14)15(19)20)18-7-5-17(6-8-18)10-11-1-2-11/h3-4,9,11H,1-2,5-8,10,16H2,(H,19,20). The van der Waals surface area contributed by atoms with Crippen LogP contribution in [0.25, 0.3) is 0 Å². The third kappa shape index (κ3) is 2.88. The topological polar surface area (TPSA) is 69.8 Å². The average Bonchev–Trinajstić information content (AvgIpc) is 3.24. The second-order valence-corrected chi connectivity index (χ2v) is 5.81. The Balaban J connectivity index is 1.65. The largest absolute Gasteiger partial charge is 0.478 e. The molecule has 0 atom stereocenters. The van der Waals surface area contributed by atoms with Crippen molar-refractivity contribution in [1.82, 2.24) is 4.90 Å². The fraction of sp³-hybridized carbons (Fsp3) is 0.533. The van der Waals surface area contributed by atoms with Crippen molar-refractivity contribution in [2.24, 2.45) is 5.92 Å². The zero-order valence-corrected chi connectivity index (χ0v) is 11.6. The molecule has 1 aromatic rings. The van der Waals surface area contributed by atoms with E-state index in [9.17, 15) is 4.79 Å². The zero-order chi connectivity index (χ0) is 14.1. The van der Waals surface area contributed by atoms with Gasteiger partial charge in [0.15, 0.2) is 0 Å². The van der Waals surface area contributed by atoms with Gasteiger partial charge in [-0.05, 0) is 37.0 Å². The number of carboxylic acids is 1. The van der Waals surface area contributed by atoms with Gasteiger partial charge in [0.1, 0.15) is 0 Å². The summed E-state index contributed by atoms with van der Waals surface area (Å²) in [4.78, 5) is 15.9. The molecule has 1 aromatic carbocycles. The van der Waals surface area contributed by atoms with Crippen LogP contribution in [0.1, 0.15) is 23.2 Å². The van der Waals surface area contributed by atoms with E-state index in [1.54, 1.807) is 12.1 Å². The van der Waals surface area contributed by atoms with E-state index in [1.807, 2.05) is 6.07 Å². The minimum atomic E-state index is -0.961. The van der Waals surface area contributed by atoms with Gasteiger partial charge in [0.05, 0.1) is 5.56 Å². The van der Waals surface area contributed by atoms with Crippen LogP contribution in [0.15, 0.2) is 18.2 Å². The van der Waals surface area contributed by atoms with Crippen molar-refractivity contribution in [3.63, 3.8) is 0 Å². The van der Waals surface area contributed by atoms with Crippen LogP contribution in [0.3, 0.4) is 0 Å². The molecule has 1 aliphatic heterocycles. The van der Waals surface area contributed by atoms with Crippen LogP contribution >= 0.6 is 0 Å². The normalized spacial score (nSPS) is 20.1. The molecule has 3 rings (SSSR count). The lowest BCUT2D eigenvalue weighted by molar-refractivity contribution is 0.0698. The fourth-order valence-electron chi connectivity index (χ4n) is 2.78. The number of carboxylic acid groups (broad SMARTS) is 1. The predicted octanol–water partition coefficient (Wildman–Crippen LogP) is 1.50. The van der Waals surface area contributed by atoms with Gasteiger partial charge in [0, 0.05) is 44.1 Å². The summed E-state index contributed by atoms with van der Waals surface area (Å²) in [5.41, 5.74) is 7.18. The van der Waals surface area contributed by atoms with Crippen LogP contribution in [-0.4, -0.2) is 48.7 Å². The Labute approximate surface area is 119 Å². The SMILES string of the molecule is Nc1ccc(N2CCN(CC3CC3)CC2)cc1C(=O)O. The highest BCUT2D eigenvalue weighted by Gasteiger charge is 2.26. The van der Waals surface area contributed by atoms with E-state index in [0.717, 1.165) is 37.8 Å². The number of hydrogen-bond acceptors (Lipinski definition) is 4. The van der Waals surface area contributed by atoms with Gasteiger partial charge in [-0.2, -0.15) is 0 Å². The molecule has 2 fully saturated rings. The molecule has 5 nitrogen and oxygen atoms in total. The van der Waals surface area contributed by atoms with Crippen molar-refractivity contribution in [2.45, 2.75) is 12.8 Å². The van der Waals surface area contributed by atoms with E-state index in [1.165, 1.54) is 19.4 Å². The van der Waals surface area contributed by atoms with Crippen molar-refractivity contribution in [1.29, 1.82) is 0 Å². The second-order valence-electron chi connectivity index (χ2n) is 5.81. The van der Waals surface area contributed by atoms with Crippen LogP contribution in [0, 0.1) is 5.92 Å². The van der Waals surface area contributed by atoms with E-state index < -0.39 is 5.97 Å². The van der Waals surface area contributed by atoms with Gasteiger partial charge in [0.2, 0.25) is 0 Å². The average molecular weight is 275 g/mol. The molecule has 1 saturated carbocycles. The first kappa shape index (κ1) is 13.2. The van der Waals surface area contributed by atoms with Crippen LogP contribution < -0.4 is 10.6 Å². The number of nitrogens with two attached hydrogens (primary N) is 1. The van der Waals surface area contributed by atoms with Crippen molar-refractivity contribution < 1.29 is 9.90 Å². The number of carbonyl (C=O) groups is 1. The van der Waals surface area contributed by atoms with Gasteiger partial charge in [-0.3, -0.25) is 4.90 Å². The van der Waals surface area contributed by atoms with Crippen LogP contribution in [0.5, 0.6) is 0 Å². The summed E-state index contributed by atoms with van der Waals surface area (Å²) in [6.45, 7) is 5.26. The summed E-state index contributed by atoms with van der Waals surface area (Å²) in [5.74, 6) is -0.0339. The van der Waals surface area contributed by atoms with Crippen LogP contribution in [-0.2, 0) is 0 Å². The Morgan fingerprint density at radius 1 is 1.25 bits per heavy atom. The molecule has 1 saturated heterocycles. The Morgan fingerprint density at radius 2 is 1.95 bits per heavy atom. The molecule has 20 heavy (non-hydrogen) atoms. The Morgan fingerprint density at radius 3 is 2.55 bits per heavy atom. The third-order valence-electron chi connectivity index (χ3n) is 4.22. The lowest BCUT2D eigenvalue weighted by atomic mass is 10.1. The second kappa shape index (κ2) is 5.32. The minimum Gasteiger partial charge on any atom is -0.478 e. The highest BCUT2D eigenvalue weighted by atomic mass is 16.4. The molecule has 0 radical (unpaired) electrons. The molecule has 0 spiro atoms. The summed E-state index contributed by atoms with van der Waals surface area (Å²) in [5, 5.41) is 9.13. The number of anilines is 2. The van der Waals surface area contributed by atoms with Gasteiger partial charge >= 0.3 is 5.97 Å². The Bertz CT molecular complexity index is 506. The number of nitrogen functional groups attached to an aromatic ring is 1. The molecule has 5 heteroatoms. The molecule has 0 amide bonds. The molecule has 3 N–H and O–H groups in total. The first-order valence-electron chi connectivity index (χ1n) is 7.23. The Hall–Kier alpha value is -1.75. The van der Waals surface area contributed by atoms with Crippen molar-refractivity contribution in [2.75, 3.05) is 43.4 Å². The van der Waals surface area contributed by atoms with E-state index in [-0.39, 0.29) is 5.56 Å². The summed E-state index contributed by atoms with van der Waals surface area (Å²) in [6.07, 6.45) is 2.78. The predicted molar refractivity (Wildman–Crippen MR) is 79.2 cm³/mol. The molecule has 1 heterocycles. The number of rotatable bonds is 4. The lowest BCUT2D eigenvalue weighted by Crippen LogP contribution is -2.47. The number of nitrogens with zero attached hydrogens (tertiary/aromatic N) is 2. The zero-order valence-electron chi connectivity index (χ0n) is 11.6. The Kier molecular flexibility index (Phi) is 3.53. The third-order valence-corrected chi connectivity index (χ3v) is 4.22. The highest BCUT2D eigenvalue weighted by molar-refractivity contribution is 5.94. The first-order valence-corrected chi connectivity index (χ1v) is 7.23. The summed E-state index contributed by atoms with van der Waals surface area (Å²) >= 11 is 0. The summed E-state index contributed by atoms with van der Waals surface area (Å²) in [6, 6.07) is 5.29. The number of hydrogen-bond donors (Lipinski definition) is 2. The van der Waals surface area contributed by atoms with Crippen LogP contribution in [0.2, 0.25) is 0 Å². The van der Waals surface area contributed by atoms with Crippen molar-refractivity contribution in [3.8, 4) is 0 Å². The van der Waals surface area contributed by atoms with E-state index >= 15 is 0 Å². The van der Waals surface area contributed by atoms with E-state index in [2.05, 4.69) is 9.80 Å². The molecule has 0 aromatic heterocycles. The van der Waals surface area contributed by atoms with Crippen molar-refractivity contribution >= 4 is 17.3 Å². The molecule has 2 aliphatic rings. The van der Waals surface area contributed by atoms with Gasteiger partial charge < -0.3 is 15.7 Å². The van der Waals surface area contributed by atoms with Gasteiger partial charge in [-0.1, -0.05) is 0 Å². The molecular weight excluding hydrogens is 254 g/mol. The maximum absolute atomic E-state index is 11.1. The molecule has 0 bridgehead atoms. The van der Waals surface area contributed by atoms with Gasteiger partial charge in [-0.15, -0.1) is 0 Å². The van der Waals surface area contributed by atoms with Crippen molar-refractivity contribution in [3.05, 3.63) is 23.8 Å². The summed E-state index contributed by atoms with van der Waals surface area (Å²) in [7, 11) is 0. The number of benzene rings is 1. The highest BCUT2D eigenvalue weighted by Crippen LogP contribution is 2.30.